The summed E-state index contributed by atoms with van der Waals surface area (Å²) in [6.07, 6.45) is 2.20. The van der Waals surface area contributed by atoms with Crippen LogP contribution in [-0.2, 0) is 29.0 Å². The minimum atomic E-state index is -1.39. The summed E-state index contributed by atoms with van der Waals surface area (Å²) in [4.78, 5) is 0. The minimum absolute atomic E-state index is 0. The van der Waals surface area contributed by atoms with Crippen molar-refractivity contribution >= 4 is 30.7 Å². The van der Waals surface area contributed by atoms with E-state index in [1.165, 1.54) is 17.7 Å². The Morgan fingerprint density at radius 3 is 2.05 bits per heavy atom. The van der Waals surface area contributed by atoms with Crippen molar-refractivity contribution in [2.45, 2.75) is 38.8 Å². The third-order valence-corrected chi connectivity index (χ3v) is 12.7. The van der Waals surface area contributed by atoms with Gasteiger partial charge in [-0.15, -0.1) is 0 Å². The molecule has 0 atom stereocenters. The van der Waals surface area contributed by atoms with E-state index < -0.39 is 8.07 Å². The summed E-state index contributed by atoms with van der Waals surface area (Å²) < 4.78 is 12.6. The van der Waals surface area contributed by atoms with Gasteiger partial charge in [0, 0.05) is 39.1 Å². The Hall–Kier alpha value is 1.26. The van der Waals surface area contributed by atoms with Crippen molar-refractivity contribution in [3.8, 4) is 0 Å². The molecule has 1 aliphatic heterocycles. The van der Waals surface area contributed by atoms with Gasteiger partial charge in [0.2, 0.25) is 0 Å². The van der Waals surface area contributed by atoms with E-state index in [1.807, 2.05) is 0 Å². The summed E-state index contributed by atoms with van der Waals surface area (Å²) in [5.74, 6) is 0. The van der Waals surface area contributed by atoms with Crippen molar-refractivity contribution in [2.75, 3.05) is 27.4 Å². The van der Waals surface area contributed by atoms with Crippen molar-refractivity contribution in [3.05, 3.63) is 20.0 Å². The molecule has 2 aliphatic rings. The first-order valence-corrected chi connectivity index (χ1v) is 10.6. The van der Waals surface area contributed by atoms with Gasteiger partial charge in [0.05, 0.1) is 13.2 Å². The minimum Gasteiger partial charge on any atom is -1.00 e. The van der Waals surface area contributed by atoms with Crippen LogP contribution in [0.15, 0.2) is 14.3 Å². The molecule has 2 nitrogen and oxygen atoms in total. The maximum Gasteiger partial charge on any atom is 0.126 e. The molecule has 0 unspecified atom stereocenters. The molecule has 0 spiro atoms. The summed E-state index contributed by atoms with van der Waals surface area (Å²) in [7, 11) is 2.19. The van der Waals surface area contributed by atoms with E-state index in [0.29, 0.717) is 0 Å². The van der Waals surface area contributed by atoms with Crippen LogP contribution in [0.2, 0.25) is 12.1 Å². The number of hydrogen-bond acceptors (Lipinski definition) is 2. The Morgan fingerprint density at radius 1 is 1.14 bits per heavy atom. The molecule has 0 N–H and O–H groups in total. The first kappa shape index (κ1) is 22.3. The van der Waals surface area contributed by atoms with E-state index in [0.717, 1.165) is 26.1 Å². The van der Waals surface area contributed by atoms with E-state index in [1.54, 1.807) is 23.0 Å². The summed E-state index contributed by atoms with van der Waals surface area (Å²) in [5.41, 5.74) is 7.18. The molecule has 0 saturated heterocycles. The Kier molecular flexibility index (Phi) is 9.47. The molecule has 117 valence electrons. The maximum absolute atomic E-state index is 5.45. The van der Waals surface area contributed by atoms with Gasteiger partial charge in [-0.2, -0.15) is 0 Å². The zero-order chi connectivity index (χ0) is 14.1. The van der Waals surface area contributed by atoms with Crippen LogP contribution >= 0.6 is 22.6 Å². The predicted octanol–water partition coefficient (Wildman–Crippen LogP) is 1.06. The zero-order valence-corrected chi connectivity index (χ0v) is 20.4. The van der Waals surface area contributed by atoms with Gasteiger partial charge in [-0.1, -0.05) is 54.2 Å². The van der Waals surface area contributed by atoms with E-state index in [-0.39, 0.29) is 37.3 Å². The van der Waals surface area contributed by atoms with Crippen LogP contribution in [0, 0.1) is 11.1 Å². The third kappa shape index (κ3) is 4.03. The summed E-state index contributed by atoms with van der Waals surface area (Å²) in [6.45, 7) is 6.24. The zero-order valence-electron chi connectivity index (χ0n) is 13.5. The number of hydrogen-bond donors (Lipinski definition) is 0. The van der Waals surface area contributed by atoms with Crippen molar-refractivity contribution in [1.82, 2.24) is 0 Å². The molecule has 0 amide bonds. The standard InChI is InChI=1S/C15H24IO2Si.ClH.Zn/c1-5-19(6-2)9-12-7-15(10-17-3,11-18-4)8-13(12)14(19)16;;/h5-8,10-11H2,1-4H3;1H;/p-1. The van der Waals surface area contributed by atoms with Crippen molar-refractivity contribution in [2.24, 2.45) is 5.41 Å². The molecule has 21 heavy (non-hydrogen) atoms. The van der Waals surface area contributed by atoms with Gasteiger partial charge < -0.3 is 21.9 Å². The molecular formula is C15H24ClIO2SiZn-. The molecule has 0 bridgehead atoms. The van der Waals surface area contributed by atoms with Crippen LogP contribution in [0.1, 0.15) is 26.7 Å². The summed E-state index contributed by atoms with van der Waals surface area (Å²) >= 11 is 2.61. The fourth-order valence-corrected chi connectivity index (χ4v) is 10.0. The van der Waals surface area contributed by atoms with Gasteiger partial charge >= 0.3 is 0 Å². The third-order valence-electron chi connectivity index (χ3n) is 4.65. The molecule has 1 aliphatic carbocycles. The average Bonchev–Trinajstić information content (AvgIpc) is 2.85. The fourth-order valence-electron chi connectivity index (χ4n) is 3.58. The molecule has 0 aromatic heterocycles. The number of fused-ring (bicyclic) bond motifs is 1. The smallest absolute Gasteiger partial charge is 0.126 e. The number of methoxy groups -OCH3 is 2. The Bertz CT molecular complexity index is 416. The molecule has 6 heteroatoms. The molecule has 1 fully saturated rings. The fraction of sp³-hybridized carbons (Fsp3) is 0.733. The van der Waals surface area contributed by atoms with Gasteiger partial charge in [0.15, 0.2) is 0 Å². The van der Waals surface area contributed by atoms with Crippen LogP contribution in [-0.4, -0.2) is 35.5 Å². The molecule has 1 saturated carbocycles. The molecule has 0 aromatic rings. The number of halogens is 2. The van der Waals surface area contributed by atoms with Crippen LogP contribution in [0.25, 0.3) is 0 Å². The van der Waals surface area contributed by atoms with E-state index in [2.05, 4.69) is 42.1 Å². The van der Waals surface area contributed by atoms with Crippen molar-refractivity contribution in [1.29, 1.82) is 0 Å². The van der Waals surface area contributed by atoms with E-state index >= 15 is 0 Å². The van der Waals surface area contributed by atoms with Gasteiger partial charge in [-0.05, 0) is 27.2 Å². The second-order valence-corrected chi connectivity index (χ2v) is 12.3. The van der Waals surface area contributed by atoms with Crippen molar-refractivity contribution in [3.63, 3.8) is 0 Å². The Labute approximate surface area is 162 Å². The SMILES string of the molecule is CC[Si]1(CC)[C]=C2CC(COC)(COC)CC2=C1I.[Cl-].[Zn]. The molecule has 1 heterocycles. The maximum atomic E-state index is 5.45. The van der Waals surface area contributed by atoms with Gasteiger partial charge in [-0.25, -0.2) is 0 Å². The molecular weight excluding hydrogens is 468 g/mol. The monoisotopic (exact) mass is 490 g/mol. The van der Waals surface area contributed by atoms with Gasteiger partial charge in [0.25, 0.3) is 0 Å². The van der Waals surface area contributed by atoms with Crippen molar-refractivity contribution < 1.29 is 41.4 Å². The van der Waals surface area contributed by atoms with E-state index in [4.69, 9.17) is 9.47 Å². The van der Waals surface area contributed by atoms with Crippen LogP contribution in [0.3, 0.4) is 0 Å². The second kappa shape index (κ2) is 8.93. The molecule has 2 rings (SSSR count). The quantitative estimate of drug-likeness (QED) is 0.408. The number of rotatable bonds is 6. The molecule has 1 radical (unpaired) electrons. The first-order chi connectivity index (χ1) is 9.06. The van der Waals surface area contributed by atoms with Gasteiger partial charge in [0.1, 0.15) is 8.07 Å². The molecule has 0 aromatic carbocycles. The first-order valence-electron chi connectivity index (χ1n) is 7.08. The van der Waals surface area contributed by atoms with Crippen LogP contribution in [0.5, 0.6) is 0 Å². The van der Waals surface area contributed by atoms with E-state index in [9.17, 15) is 0 Å². The largest absolute Gasteiger partial charge is 1.00 e. The number of allylic oxidation sites excluding steroid dienone is 2. The number of ether oxygens (including phenoxy) is 2. The summed E-state index contributed by atoms with van der Waals surface area (Å²) in [5, 5.41) is 0. The predicted molar refractivity (Wildman–Crippen MR) is 89.9 cm³/mol. The summed E-state index contributed by atoms with van der Waals surface area (Å²) in [6, 6.07) is 2.58. The average molecular weight is 492 g/mol. The Morgan fingerprint density at radius 2 is 1.67 bits per heavy atom. The van der Waals surface area contributed by atoms with Gasteiger partial charge in [-0.3, -0.25) is 0 Å². The normalized spacial score (nSPS) is 21.5. The topological polar surface area (TPSA) is 18.5 Å². The van der Waals surface area contributed by atoms with Crippen LogP contribution in [0.4, 0.5) is 0 Å². The Balaban J connectivity index is 0.00000200. The van der Waals surface area contributed by atoms with Crippen LogP contribution < -0.4 is 12.4 Å². The second-order valence-electron chi connectivity index (χ2n) is 5.90.